The fraction of sp³-hybridized carbons (Fsp3) is 0.417. The molecule has 0 aromatic heterocycles. The van der Waals surface area contributed by atoms with Crippen LogP contribution in [0.15, 0.2) is 22.7 Å². The predicted octanol–water partition coefficient (Wildman–Crippen LogP) is 4.20. The van der Waals surface area contributed by atoms with E-state index in [4.69, 9.17) is 5.41 Å². The van der Waals surface area contributed by atoms with Gasteiger partial charge in [-0.05, 0) is 31.0 Å². The molecule has 98 valence electrons. The van der Waals surface area contributed by atoms with Crippen LogP contribution in [0.2, 0.25) is 0 Å². The molecule has 1 aliphatic carbocycles. The van der Waals surface area contributed by atoms with Crippen molar-refractivity contribution >= 4 is 27.3 Å². The normalized spacial score (nSPS) is 15.6. The topological polar surface area (TPSA) is 35.9 Å². The molecule has 0 aliphatic heterocycles. The average molecular weight is 321 g/mol. The van der Waals surface area contributed by atoms with Crippen molar-refractivity contribution in [1.29, 1.82) is 5.41 Å². The van der Waals surface area contributed by atoms with E-state index < -0.39 is 12.7 Å². The Morgan fingerprint density at radius 1 is 1.39 bits per heavy atom. The first-order chi connectivity index (χ1) is 8.37. The molecule has 2 nitrogen and oxygen atoms in total. The maximum Gasteiger partial charge on any atom is 0.405 e. The van der Waals surface area contributed by atoms with Crippen LogP contribution in [0, 0.1) is 11.3 Å². The van der Waals surface area contributed by atoms with Gasteiger partial charge in [-0.2, -0.15) is 13.2 Å². The zero-order chi connectivity index (χ0) is 13.3. The number of hydrogen-bond acceptors (Lipinski definition) is 2. The Morgan fingerprint density at radius 2 is 2.06 bits per heavy atom. The van der Waals surface area contributed by atoms with Crippen LogP contribution in [0.3, 0.4) is 0 Å². The molecule has 6 heteroatoms. The number of anilines is 1. The van der Waals surface area contributed by atoms with Gasteiger partial charge in [-0.25, -0.2) is 0 Å². The molecule has 0 heterocycles. The van der Waals surface area contributed by atoms with E-state index in [1.165, 1.54) is 0 Å². The van der Waals surface area contributed by atoms with E-state index in [1.807, 2.05) is 0 Å². The summed E-state index contributed by atoms with van der Waals surface area (Å²) in [6, 6.07) is 5.01. The Labute approximate surface area is 111 Å². The molecule has 0 bridgehead atoms. The largest absolute Gasteiger partial charge is 0.405 e. The summed E-state index contributed by atoms with van der Waals surface area (Å²) in [5.41, 5.74) is 1.34. The molecule has 0 spiro atoms. The number of rotatable bonds is 4. The summed E-state index contributed by atoms with van der Waals surface area (Å²) < 4.78 is 37.3. The summed E-state index contributed by atoms with van der Waals surface area (Å²) in [6.45, 7) is -1.09. The molecule has 18 heavy (non-hydrogen) atoms. The van der Waals surface area contributed by atoms with E-state index in [-0.39, 0.29) is 5.92 Å². The molecular weight excluding hydrogens is 309 g/mol. The Balaban J connectivity index is 2.20. The molecule has 1 fully saturated rings. The number of hydrogen-bond donors (Lipinski definition) is 2. The van der Waals surface area contributed by atoms with Crippen LogP contribution in [0.25, 0.3) is 0 Å². The Hall–Kier alpha value is -1.04. The Kier molecular flexibility index (Phi) is 3.66. The molecule has 2 N–H and O–H groups in total. The molecule has 0 saturated heterocycles. The minimum atomic E-state index is -4.26. The Bertz CT molecular complexity index is 467. The summed E-state index contributed by atoms with van der Waals surface area (Å²) >= 11 is 3.23. The molecule has 0 unspecified atom stereocenters. The van der Waals surface area contributed by atoms with Crippen LogP contribution < -0.4 is 5.32 Å². The fourth-order valence-corrected chi connectivity index (χ4v) is 2.05. The summed E-state index contributed by atoms with van der Waals surface area (Å²) in [4.78, 5) is 0. The highest BCUT2D eigenvalue weighted by Crippen LogP contribution is 2.35. The van der Waals surface area contributed by atoms with Crippen molar-refractivity contribution in [3.05, 3.63) is 28.2 Å². The standard InChI is InChI=1S/C12H12BrF3N2/c13-8-3-4-9(11(17)7-1-2-7)10(5-8)18-6-12(14,15)16/h3-5,7,17-18H,1-2,6H2. The lowest BCUT2D eigenvalue weighted by Gasteiger charge is -2.14. The van der Waals surface area contributed by atoms with Crippen molar-refractivity contribution in [2.24, 2.45) is 5.92 Å². The molecule has 0 amide bonds. The lowest BCUT2D eigenvalue weighted by Crippen LogP contribution is -2.22. The first-order valence-corrected chi connectivity index (χ1v) is 6.35. The molecule has 1 aliphatic rings. The van der Waals surface area contributed by atoms with Crippen LogP contribution in [0.1, 0.15) is 18.4 Å². The van der Waals surface area contributed by atoms with Gasteiger partial charge in [-0.15, -0.1) is 0 Å². The summed E-state index contributed by atoms with van der Waals surface area (Å²) in [5.74, 6) is 0.206. The molecule has 0 atom stereocenters. The van der Waals surface area contributed by atoms with Gasteiger partial charge < -0.3 is 10.7 Å². The second kappa shape index (κ2) is 4.91. The summed E-state index contributed by atoms with van der Waals surface area (Å²) in [7, 11) is 0. The number of alkyl halides is 3. The molecular formula is C12H12BrF3N2. The maximum atomic E-state index is 12.2. The lowest BCUT2D eigenvalue weighted by atomic mass is 10.0. The van der Waals surface area contributed by atoms with Crippen LogP contribution in [-0.4, -0.2) is 18.4 Å². The monoisotopic (exact) mass is 320 g/mol. The van der Waals surface area contributed by atoms with Gasteiger partial charge >= 0.3 is 6.18 Å². The van der Waals surface area contributed by atoms with Gasteiger partial charge in [0.25, 0.3) is 0 Å². The van der Waals surface area contributed by atoms with Gasteiger partial charge in [0, 0.05) is 27.4 Å². The smallest absolute Gasteiger partial charge is 0.376 e. The summed E-state index contributed by atoms with van der Waals surface area (Å²) in [6.07, 6.45) is -2.36. The van der Waals surface area contributed by atoms with E-state index in [9.17, 15) is 13.2 Å². The highest BCUT2D eigenvalue weighted by Gasteiger charge is 2.30. The molecule has 1 aromatic rings. The second-order valence-corrected chi connectivity index (χ2v) is 5.26. The maximum absolute atomic E-state index is 12.2. The third-order valence-electron chi connectivity index (χ3n) is 2.74. The third kappa shape index (κ3) is 3.48. The second-order valence-electron chi connectivity index (χ2n) is 4.35. The zero-order valence-corrected chi connectivity index (χ0v) is 11.0. The Morgan fingerprint density at radius 3 is 2.61 bits per heavy atom. The number of halogens is 4. The first-order valence-electron chi connectivity index (χ1n) is 5.56. The van der Waals surface area contributed by atoms with Crippen molar-refractivity contribution in [1.82, 2.24) is 0 Å². The number of nitrogens with one attached hydrogen (secondary N) is 2. The highest BCUT2D eigenvalue weighted by molar-refractivity contribution is 9.10. The van der Waals surface area contributed by atoms with Crippen LogP contribution >= 0.6 is 15.9 Å². The van der Waals surface area contributed by atoms with Gasteiger partial charge in [-0.3, -0.25) is 0 Å². The minimum Gasteiger partial charge on any atom is -0.376 e. The van der Waals surface area contributed by atoms with Gasteiger partial charge in [0.05, 0.1) is 0 Å². The quantitative estimate of drug-likeness (QED) is 0.801. The van der Waals surface area contributed by atoms with Crippen molar-refractivity contribution in [3.63, 3.8) is 0 Å². The lowest BCUT2D eigenvalue weighted by molar-refractivity contribution is -0.115. The van der Waals surface area contributed by atoms with E-state index in [1.54, 1.807) is 18.2 Å². The molecule has 1 saturated carbocycles. The molecule has 2 rings (SSSR count). The minimum absolute atomic E-state index is 0.206. The summed E-state index contributed by atoms with van der Waals surface area (Å²) in [5, 5.41) is 10.3. The van der Waals surface area contributed by atoms with Gasteiger partial charge in [-0.1, -0.05) is 15.9 Å². The molecule has 1 aromatic carbocycles. The molecule has 0 radical (unpaired) electrons. The van der Waals surface area contributed by atoms with Crippen molar-refractivity contribution in [2.45, 2.75) is 19.0 Å². The highest BCUT2D eigenvalue weighted by atomic mass is 79.9. The van der Waals surface area contributed by atoms with Gasteiger partial charge in [0.2, 0.25) is 0 Å². The van der Waals surface area contributed by atoms with Crippen LogP contribution in [-0.2, 0) is 0 Å². The zero-order valence-electron chi connectivity index (χ0n) is 9.44. The number of benzene rings is 1. The fourth-order valence-electron chi connectivity index (χ4n) is 1.68. The van der Waals surface area contributed by atoms with E-state index in [0.29, 0.717) is 21.4 Å². The van der Waals surface area contributed by atoms with Crippen molar-refractivity contribution < 1.29 is 13.2 Å². The van der Waals surface area contributed by atoms with E-state index in [2.05, 4.69) is 21.2 Å². The third-order valence-corrected chi connectivity index (χ3v) is 3.23. The van der Waals surface area contributed by atoms with E-state index in [0.717, 1.165) is 12.8 Å². The van der Waals surface area contributed by atoms with Crippen LogP contribution in [0.4, 0.5) is 18.9 Å². The van der Waals surface area contributed by atoms with Crippen molar-refractivity contribution in [2.75, 3.05) is 11.9 Å². The first kappa shape index (κ1) is 13.4. The van der Waals surface area contributed by atoms with E-state index >= 15 is 0 Å². The SMILES string of the molecule is N=C(c1ccc(Br)cc1NCC(F)(F)F)C1CC1. The average Bonchev–Trinajstić information content (AvgIpc) is 3.08. The van der Waals surface area contributed by atoms with Crippen LogP contribution in [0.5, 0.6) is 0 Å². The van der Waals surface area contributed by atoms with Crippen molar-refractivity contribution in [3.8, 4) is 0 Å². The predicted molar refractivity (Wildman–Crippen MR) is 68.2 cm³/mol. The van der Waals surface area contributed by atoms with Gasteiger partial charge in [0.1, 0.15) is 6.54 Å². The van der Waals surface area contributed by atoms with Gasteiger partial charge in [0.15, 0.2) is 0 Å².